The van der Waals surface area contributed by atoms with Crippen LogP contribution in [-0.4, -0.2) is 27.1 Å². The van der Waals surface area contributed by atoms with Crippen LogP contribution in [0.3, 0.4) is 0 Å². The van der Waals surface area contributed by atoms with Crippen LogP contribution in [-0.2, 0) is 14.8 Å². The van der Waals surface area contributed by atoms with Crippen molar-refractivity contribution in [3.05, 3.63) is 58.9 Å². The molecule has 0 radical (unpaired) electrons. The summed E-state index contributed by atoms with van der Waals surface area (Å²) < 4.78 is 38.3. The van der Waals surface area contributed by atoms with Gasteiger partial charge < -0.3 is 5.32 Å². The summed E-state index contributed by atoms with van der Waals surface area (Å²) in [6, 6.07) is 10.9. The number of hydrogen-bond donors (Lipinski definition) is 1. The summed E-state index contributed by atoms with van der Waals surface area (Å²) in [6.07, 6.45) is 0.956. The monoisotopic (exact) mass is 384 g/mol. The highest BCUT2D eigenvalue weighted by atomic mass is 35.5. The van der Waals surface area contributed by atoms with Crippen LogP contribution in [0.4, 0.5) is 15.8 Å². The number of rotatable bonds is 6. The number of nitrogens with one attached hydrogen (secondary N) is 1. The topological polar surface area (TPSA) is 66.5 Å². The van der Waals surface area contributed by atoms with Crippen molar-refractivity contribution in [2.45, 2.75) is 13.3 Å². The molecule has 134 valence electrons. The predicted molar refractivity (Wildman–Crippen MR) is 98.0 cm³/mol. The molecule has 2 aromatic rings. The van der Waals surface area contributed by atoms with Crippen molar-refractivity contribution in [3.8, 4) is 0 Å². The van der Waals surface area contributed by atoms with Crippen molar-refractivity contribution in [1.29, 1.82) is 0 Å². The van der Waals surface area contributed by atoms with Gasteiger partial charge in [-0.25, -0.2) is 12.8 Å². The average Bonchev–Trinajstić information content (AvgIpc) is 2.52. The van der Waals surface area contributed by atoms with Gasteiger partial charge in [-0.3, -0.25) is 9.10 Å². The number of benzene rings is 2. The molecule has 0 aliphatic carbocycles. The molecule has 0 aliphatic heterocycles. The van der Waals surface area contributed by atoms with Gasteiger partial charge in [0.25, 0.3) is 0 Å². The number of hydrogen-bond acceptors (Lipinski definition) is 3. The molecule has 0 heterocycles. The van der Waals surface area contributed by atoms with Crippen molar-refractivity contribution >= 4 is 38.9 Å². The molecular formula is C17H18ClFN2O3S. The fraction of sp³-hybridized carbons (Fsp3) is 0.235. The molecule has 0 spiro atoms. The SMILES string of the molecule is Cc1ccc(NC(=O)CCN(c2ccc(F)c(Cl)c2)S(C)(=O)=O)cc1. The molecule has 2 aromatic carbocycles. The molecule has 0 atom stereocenters. The van der Waals surface area contributed by atoms with Crippen molar-refractivity contribution in [1.82, 2.24) is 0 Å². The summed E-state index contributed by atoms with van der Waals surface area (Å²) in [5.41, 5.74) is 1.90. The van der Waals surface area contributed by atoms with Crippen LogP contribution in [0.1, 0.15) is 12.0 Å². The molecule has 2 rings (SSSR count). The number of carbonyl (C=O) groups excluding carboxylic acids is 1. The summed E-state index contributed by atoms with van der Waals surface area (Å²) in [6.45, 7) is 1.85. The van der Waals surface area contributed by atoms with Crippen LogP contribution in [0.2, 0.25) is 5.02 Å². The van der Waals surface area contributed by atoms with Crippen molar-refractivity contribution in [3.63, 3.8) is 0 Å². The first kappa shape index (κ1) is 19.2. The van der Waals surface area contributed by atoms with Crippen LogP contribution >= 0.6 is 11.6 Å². The van der Waals surface area contributed by atoms with Crippen LogP contribution < -0.4 is 9.62 Å². The van der Waals surface area contributed by atoms with Gasteiger partial charge in [0, 0.05) is 18.7 Å². The van der Waals surface area contributed by atoms with E-state index >= 15 is 0 Å². The molecule has 0 aromatic heterocycles. The third-order valence-electron chi connectivity index (χ3n) is 3.47. The third kappa shape index (κ3) is 5.44. The lowest BCUT2D eigenvalue weighted by molar-refractivity contribution is -0.116. The fourth-order valence-corrected chi connectivity index (χ4v) is 3.28. The summed E-state index contributed by atoms with van der Waals surface area (Å²) in [5, 5.41) is 2.52. The Morgan fingerprint density at radius 2 is 1.84 bits per heavy atom. The smallest absolute Gasteiger partial charge is 0.232 e. The Morgan fingerprint density at radius 3 is 2.40 bits per heavy atom. The zero-order valence-corrected chi connectivity index (χ0v) is 15.4. The van der Waals surface area contributed by atoms with Gasteiger partial charge in [-0.15, -0.1) is 0 Å². The lowest BCUT2D eigenvalue weighted by Crippen LogP contribution is -2.33. The molecule has 5 nitrogen and oxygen atoms in total. The Labute approximate surface area is 151 Å². The fourth-order valence-electron chi connectivity index (χ4n) is 2.19. The van der Waals surface area contributed by atoms with E-state index in [9.17, 15) is 17.6 Å². The Bertz CT molecular complexity index is 870. The maximum Gasteiger partial charge on any atom is 0.232 e. The molecule has 8 heteroatoms. The van der Waals surface area contributed by atoms with Gasteiger partial charge in [0.05, 0.1) is 17.0 Å². The maximum atomic E-state index is 13.3. The van der Waals surface area contributed by atoms with Gasteiger partial charge in [-0.1, -0.05) is 29.3 Å². The second-order valence-corrected chi connectivity index (χ2v) is 7.91. The minimum Gasteiger partial charge on any atom is -0.326 e. The lowest BCUT2D eigenvalue weighted by Gasteiger charge is -2.22. The zero-order chi connectivity index (χ0) is 18.6. The van der Waals surface area contributed by atoms with Gasteiger partial charge in [-0.05, 0) is 37.3 Å². The zero-order valence-electron chi connectivity index (χ0n) is 13.8. The van der Waals surface area contributed by atoms with Crippen LogP contribution in [0.25, 0.3) is 0 Å². The van der Waals surface area contributed by atoms with Gasteiger partial charge >= 0.3 is 0 Å². The maximum absolute atomic E-state index is 13.3. The molecule has 0 aliphatic rings. The van der Waals surface area contributed by atoms with Crippen LogP contribution in [0.5, 0.6) is 0 Å². The minimum atomic E-state index is -3.65. The van der Waals surface area contributed by atoms with Gasteiger partial charge in [0.2, 0.25) is 15.9 Å². The second-order valence-electron chi connectivity index (χ2n) is 5.60. The molecule has 0 bridgehead atoms. The number of nitrogens with zero attached hydrogens (tertiary/aromatic N) is 1. The van der Waals surface area contributed by atoms with E-state index in [0.717, 1.165) is 22.2 Å². The van der Waals surface area contributed by atoms with E-state index in [-0.39, 0.29) is 29.6 Å². The summed E-state index contributed by atoms with van der Waals surface area (Å²) in [7, 11) is -3.65. The molecular weight excluding hydrogens is 367 g/mol. The molecule has 25 heavy (non-hydrogen) atoms. The normalized spacial score (nSPS) is 11.2. The highest BCUT2D eigenvalue weighted by Crippen LogP contribution is 2.24. The van der Waals surface area contributed by atoms with E-state index in [1.165, 1.54) is 12.1 Å². The number of aryl methyl sites for hydroxylation is 1. The Morgan fingerprint density at radius 1 is 1.20 bits per heavy atom. The molecule has 0 saturated carbocycles. The van der Waals surface area contributed by atoms with E-state index in [4.69, 9.17) is 11.6 Å². The van der Waals surface area contributed by atoms with E-state index in [1.807, 2.05) is 19.1 Å². The Balaban J connectivity index is 2.08. The number of amides is 1. The first-order valence-corrected chi connectivity index (χ1v) is 9.69. The number of anilines is 2. The quantitative estimate of drug-likeness (QED) is 0.827. The first-order valence-electron chi connectivity index (χ1n) is 7.46. The first-order chi connectivity index (χ1) is 11.7. The van der Waals surface area contributed by atoms with E-state index in [2.05, 4.69) is 5.32 Å². The molecule has 0 saturated heterocycles. The van der Waals surface area contributed by atoms with E-state index < -0.39 is 15.8 Å². The molecule has 1 amide bonds. The molecule has 0 fully saturated rings. The van der Waals surface area contributed by atoms with Gasteiger partial charge in [0.15, 0.2) is 0 Å². The van der Waals surface area contributed by atoms with Crippen molar-refractivity contribution < 1.29 is 17.6 Å². The number of carbonyl (C=O) groups is 1. The summed E-state index contributed by atoms with van der Waals surface area (Å²) >= 11 is 5.71. The van der Waals surface area contributed by atoms with E-state index in [1.54, 1.807) is 12.1 Å². The average molecular weight is 385 g/mol. The lowest BCUT2D eigenvalue weighted by atomic mass is 10.2. The predicted octanol–water partition coefficient (Wildman–Crippen LogP) is 3.58. The van der Waals surface area contributed by atoms with Gasteiger partial charge in [0.1, 0.15) is 5.82 Å². The van der Waals surface area contributed by atoms with Crippen molar-refractivity contribution in [2.75, 3.05) is 22.4 Å². The largest absolute Gasteiger partial charge is 0.326 e. The highest BCUT2D eigenvalue weighted by molar-refractivity contribution is 7.92. The molecule has 1 N–H and O–H groups in total. The summed E-state index contributed by atoms with van der Waals surface area (Å²) in [4.78, 5) is 12.1. The highest BCUT2D eigenvalue weighted by Gasteiger charge is 2.19. The van der Waals surface area contributed by atoms with Crippen LogP contribution in [0.15, 0.2) is 42.5 Å². The Kier molecular flexibility index (Phi) is 6.02. The minimum absolute atomic E-state index is 0.0596. The van der Waals surface area contributed by atoms with Crippen molar-refractivity contribution in [2.24, 2.45) is 0 Å². The number of sulfonamides is 1. The van der Waals surface area contributed by atoms with Gasteiger partial charge in [-0.2, -0.15) is 0 Å². The third-order valence-corrected chi connectivity index (χ3v) is 4.95. The Hall–Kier alpha value is -2.12. The van der Waals surface area contributed by atoms with E-state index in [0.29, 0.717) is 5.69 Å². The standard InChI is InChI=1S/C17H18ClFN2O3S/c1-12-3-5-13(6-4-12)20-17(22)9-10-21(25(2,23)24)14-7-8-16(19)15(18)11-14/h3-8,11H,9-10H2,1-2H3,(H,20,22). The number of halogens is 2. The summed E-state index contributed by atoms with van der Waals surface area (Å²) in [5.74, 6) is -0.971. The molecule has 0 unspecified atom stereocenters. The second kappa shape index (κ2) is 7.84. The van der Waals surface area contributed by atoms with Crippen LogP contribution in [0, 0.1) is 12.7 Å².